The fourth-order valence-electron chi connectivity index (χ4n) is 4.14. The highest BCUT2D eigenvalue weighted by Crippen LogP contribution is 2.26. The number of likely N-dealkylation sites (tertiary alicyclic amines) is 1. The normalized spacial score (nSPS) is 14.9. The summed E-state index contributed by atoms with van der Waals surface area (Å²) in [6.07, 6.45) is 9.16. The number of rotatable bonds is 7. The van der Waals surface area contributed by atoms with Gasteiger partial charge in [-0.05, 0) is 37.1 Å². The fraction of sp³-hybridized carbons (Fsp3) is 0.348. The Hall–Kier alpha value is -3.59. The van der Waals surface area contributed by atoms with Crippen molar-refractivity contribution in [3.05, 3.63) is 82.7 Å². The lowest BCUT2D eigenvalue weighted by molar-refractivity contribution is -0.384. The van der Waals surface area contributed by atoms with Crippen molar-refractivity contribution < 1.29 is 9.72 Å². The quantitative estimate of drug-likeness (QED) is 0.419. The van der Waals surface area contributed by atoms with Gasteiger partial charge in [0.05, 0.1) is 11.3 Å². The second-order valence-corrected chi connectivity index (χ2v) is 7.99. The van der Waals surface area contributed by atoms with Gasteiger partial charge < -0.3 is 14.4 Å². The summed E-state index contributed by atoms with van der Waals surface area (Å²) < 4.78 is 1.57. The summed E-state index contributed by atoms with van der Waals surface area (Å²) in [6, 6.07) is 10.7. The Kier molecular flexibility index (Phi) is 6.55. The SMILES string of the molecule is CN(C(=O)c1ccc(-n2ccnc2)c([N+](=O)[O-])c1)C1CCN(CCc2ccccn2)CC1. The second-order valence-electron chi connectivity index (χ2n) is 7.99. The van der Waals surface area contributed by atoms with Crippen LogP contribution in [0.4, 0.5) is 5.69 Å². The van der Waals surface area contributed by atoms with Crippen LogP contribution in [-0.2, 0) is 6.42 Å². The van der Waals surface area contributed by atoms with Crippen molar-refractivity contribution in [2.45, 2.75) is 25.3 Å². The average molecular weight is 435 g/mol. The zero-order chi connectivity index (χ0) is 22.5. The van der Waals surface area contributed by atoms with E-state index in [1.807, 2.05) is 24.4 Å². The van der Waals surface area contributed by atoms with Gasteiger partial charge in [-0.3, -0.25) is 19.9 Å². The van der Waals surface area contributed by atoms with Gasteiger partial charge in [-0.15, -0.1) is 0 Å². The number of pyridine rings is 1. The molecule has 166 valence electrons. The summed E-state index contributed by atoms with van der Waals surface area (Å²) in [5.41, 5.74) is 1.67. The monoisotopic (exact) mass is 434 g/mol. The Balaban J connectivity index is 1.37. The molecular formula is C23H26N6O3. The van der Waals surface area contributed by atoms with Crippen LogP contribution >= 0.6 is 0 Å². The maximum atomic E-state index is 13.1. The summed E-state index contributed by atoms with van der Waals surface area (Å²) in [6.45, 7) is 2.77. The van der Waals surface area contributed by atoms with E-state index in [-0.39, 0.29) is 17.6 Å². The van der Waals surface area contributed by atoms with Crippen LogP contribution in [0, 0.1) is 10.1 Å². The molecule has 9 heteroatoms. The van der Waals surface area contributed by atoms with Crippen molar-refractivity contribution in [2.75, 3.05) is 26.7 Å². The highest BCUT2D eigenvalue weighted by atomic mass is 16.6. The first-order chi connectivity index (χ1) is 15.5. The molecule has 0 radical (unpaired) electrons. The molecule has 3 heterocycles. The van der Waals surface area contributed by atoms with E-state index in [9.17, 15) is 14.9 Å². The summed E-state index contributed by atoms with van der Waals surface area (Å²) in [7, 11) is 1.78. The number of benzene rings is 1. The molecule has 32 heavy (non-hydrogen) atoms. The number of carbonyl (C=O) groups is 1. The maximum absolute atomic E-state index is 13.1. The lowest BCUT2D eigenvalue weighted by atomic mass is 10.0. The first-order valence-corrected chi connectivity index (χ1v) is 10.7. The first kappa shape index (κ1) is 21.6. The lowest BCUT2D eigenvalue weighted by Gasteiger charge is -2.36. The van der Waals surface area contributed by atoms with Crippen LogP contribution < -0.4 is 0 Å². The predicted octanol–water partition coefficient (Wildman–Crippen LogP) is 2.95. The van der Waals surface area contributed by atoms with Crippen molar-refractivity contribution in [3.63, 3.8) is 0 Å². The summed E-state index contributed by atoms with van der Waals surface area (Å²) in [5.74, 6) is -0.197. The van der Waals surface area contributed by atoms with Gasteiger partial charge in [0.15, 0.2) is 0 Å². The number of hydrogen-bond donors (Lipinski definition) is 0. The molecule has 1 fully saturated rings. The third-order valence-corrected chi connectivity index (χ3v) is 6.04. The largest absolute Gasteiger partial charge is 0.339 e. The van der Waals surface area contributed by atoms with E-state index in [1.165, 1.54) is 12.4 Å². The minimum absolute atomic E-state index is 0.112. The number of imidazole rings is 1. The number of aromatic nitrogens is 3. The number of piperidine rings is 1. The molecule has 0 spiro atoms. The van der Waals surface area contributed by atoms with E-state index in [4.69, 9.17) is 0 Å². The van der Waals surface area contributed by atoms with Crippen LogP contribution in [0.25, 0.3) is 5.69 Å². The van der Waals surface area contributed by atoms with Crippen LogP contribution in [0.2, 0.25) is 0 Å². The number of nitro groups is 1. The number of amides is 1. The van der Waals surface area contributed by atoms with Gasteiger partial charge in [-0.1, -0.05) is 6.07 Å². The molecule has 1 aliphatic heterocycles. The van der Waals surface area contributed by atoms with Gasteiger partial charge in [0.25, 0.3) is 11.6 Å². The third-order valence-electron chi connectivity index (χ3n) is 6.04. The molecule has 0 saturated carbocycles. The van der Waals surface area contributed by atoms with Crippen molar-refractivity contribution in [2.24, 2.45) is 0 Å². The number of hydrogen-bond acceptors (Lipinski definition) is 6. The molecule has 1 amide bonds. The van der Waals surface area contributed by atoms with E-state index in [1.54, 1.807) is 41.0 Å². The van der Waals surface area contributed by atoms with Crippen molar-refractivity contribution in [1.82, 2.24) is 24.3 Å². The maximum Gasteiger partial charge on any atom is 0.294 e. The van der Waals surface area contributed by atoms with Crippen molar-refractivity contribution in [3.8, 4) is 5.69 Å². The zero-order valence-electron chi connectivity index (χ0n) is 18.0. The molecule has 0 aliphatic carbocycles. The Bertz CT molecular complexity index is 1060. The average Bonchev–Trinajstić information content (AvgIpc) is 3.37. The van der Waals surface area contributed by atoms with Crippen molar-refractivity contribution in [1.29, 1.82) is 0 Å². The number of nitrogens with zero attached hydrogens (tertiary/aromatic N) is 6. The lowest BCUT2D eigenvalue weighted by Crippen LogP contribution is -2.46. The molecule has 1 aliphatic rings. The first-order valence-electron chi connectivity index (χ1n) is 10.7. The fourth-order valence-corrected chi connectivity index (χ4v) is 4.14. The molecule has 9 nitrogen and oxygen atoms in total. The van der Waals surface area contributed by atoms with Gasteiger partial charge in [0.2, 0.25) is 0 Å². The topological polar surface area (TPSA) is 97.4 Å². The van der Waals surface area contributed by atoms with Crippen LogP contribution in [0.1, 0.15) is 28.9 Å². The second kappa shape index (κ2) is 9.69. The molecule has 0 bridgehead atoms. The van der Waals surface area contributed by atoms with E-state index >= 15 is 0 Å². The molecule has 0 N–H and O–H groups in total. The molecule has 1 saturated heterocycles. The molecule has 2 aromatic heterocycles. The minimum Gasteiger partial charge on any atom is -0.339 e. The van der Waals surface area contributed by atoms with Crippen molar-refractivity contribution >= 4 is 11.6 Å². The van der Waals surface area contributed by atoms with E-state index in [0.29, 0.717) is 11.3 Å². The van der Waals surface area contributed by atoms with Gasteiger partial charge in [0, 0.05) is 75.1 Å². The standard InChI is InChI=1S/C23H26N6O3/c1-26(20-8-13-27(14-9-20)12-7-19-4-2-3-10-25-19)23(30)18-5-6-21(22(16-18)29(31)32)28-15-11-24-17-28/h2-6,10-11,15-17,20H,7-9,12-14H2,1H3. The molecular weight excluding hydrogens is 408 g/mol. The van der Waals surface area contributed by atoms with Gasteiger partial charge in [-0.2, -0.15) is 0 Å². The smallest absolute Gasteiger partial charge is 0.294 e. The van der Waals surface area contributed by atoms with Crippen LogP contribution in [0.5, 0.6) is 0 Å². The highest BCUT2D eigenvalue weighted by Gasteiger charge is 2.27. The Morgan fingerprint density at radius 2 is 2.03 bits per heavy atom. The van der Waals surface area contributed by atoms with Crippen LogP contribution in [0.3, 0.4) is 0 Å². The molecule has 4 rings (SSSR count). The number of carbonyl (C=O) groups excluding carboxylic acids is 1. The molecule has 3 aromatic rings. The van der Waals surface area contributed by atoms with E-state index in [0.717, 1.165) is 44.6 Å². The molecule has 1 aromatic carbocycles. The highest BCUT2D eigenvalue weighted by molar-refractivity contribution is 5.95. The van der Waals surface area contributed by atoms with E-state index < -0.39 is 4.92 Å². The Morgan fingerprint density at radius 1 is 1.22 bits per heavy atom. The van der Waals surface area contributed by atoms with E-state index in [2.05, 4.69) is 14.9 Å². The minimum atomic E-state index is -0.466. The summed E-state index contributed by atoms with van der Waals surface area (Å²) >= 11 is 0. The van der Waals surface area contributed by atoms with Crippen LogP contribution in [0.15, 0.2) is 61.3 Å². The molecule has 0 unspecified atom stereocenters. The van der Waals surface area contributed by atoms with Gasteiger partial charge in [0.1, 0.15) is 5.69 Å². The summed E-state index contributed by atoms with van der Waals surface area (Å²) in [5, 5.41) is 11.6. The summed E-state index contributed by atoms with van der Waals surface area (Å²) in [4.78, 5) is 36.6. The van der Waals surface area contributed by atoms with Gasteiger partial charge >= 0.3 is 0 Å². The predicted molar refractivity (Wildman–Crippen MR) is 120 cm³/mol. The van der Waals surface area contributed by atoms with Crippen LogP contribution in [-0.4, -0.2) is 67.9 Å². The Labute approximate surface area is 186 Å². The number of nitro benzene ring substituents is 1. The molecule has 0 atom stereocenters. The third kappa shape index (κ3) is 4.83. The zero-order valence-corrected chi connectivity index (χ0v) is 18.0. The van der Waals surface area contributed by atoms with Gasteiger partial charge in [-0.25, -0.2) is 4.98 Å². The Morgan fingerprint density at radius 3 is 2.69 bits per heavy atom.